The Morgan fingerprint density at radius 2 is 0.972 bits per heavy atom. The quantitative estimate of drug-likeness (QED) is 0.153. The number of hydrogen-bond acceptors (Lipinski definition) is 3. The maximum Gasteiger partial charge on any atom is 0.259 e. The van der Waals surface area contributed by atoms with Crippen LogP contribution in [0.2, 0.25) is 0 Å². The average molecular weight is 943 g/mol. The van der Waals surface area contributed by atoms with Gasteiger partial charge in [0.05, 0.1) is 0 Å². The summed E-state index contributed by atoms with van der Waals surface area (Å²) in [4.78, 5) is 5.04. The highest BCUT2D eigenvalue weighted by Crippen LogP contribution is 2.48. The first-order valence-electron chi connectivity index (χ1n) is 25.6. The maximum absolute atomic E-state index is 2.58. The van der Waals surface area contributed by atoms with Crippen molar-refractivity contribution in [3.8, 4) is 11.1 Å². The molecule has 0 N–H and O–H groups in total. The van der Waals surface area contributed by atoms with Crippen LogP contribution in [-0.4, -0.2) is 6.71 Å². The summed E-state index contributed by atoms with van der Waals surface area (Å²) in [7, 11) is 0. The van der Waals surface area contributed by atoms with Crippen molar-refractivity contribution in [2.75, 3.05) is 9.80 Å². The molecule has 1 unspecified atom stereocenters. The molecule has 0 saturated carbocycles. The van der Waals surface area contributed by atoms with E-state index in [0.29, 0.717) is 0 Å². The van der Waals surface area contributed by atoms with Gasteiger partial charge in [0, 0.05) is 44.7 Å². The van der Waals surface area contributed by atoms with Gasteiger partial charge < -0.3 is 9.80 Å². The van der Waals surface area contributed by atoms with Crippen LogP contribution in [-0.2, 0) is 21.7 Å². The van der Waals surface area contributed by atoms with Crippen LogP contribution in [0.15, 0.2) is 182 Å². The van der Waals surface area contributed by atoms with Gasteiger partial charge in [-0.15, -0.1) is 11.3 Å². The van der Waals surface area contributed by atoms with E-state index in [1.54, 1.807) is 0 Å². The molecule has 8 aromatic carbocycles. The predicted octanol–water partition coefficient (Wildman–Crippen LogP) is 17.0. The minimum Gasteiger partial charge on any atom is -0.311 e. The molecular weight excluding hydrogens is 876 g/mol. The SMILES string of the molecule is CC(C)(C)c1ccc(C2c3cccc4c3B(c3ccc(N(c5ccc(C(C)(C)C)cc5)c5ccc(C(C)(C)C)cc5)cc3N4c3ccc(C(C)(C)C)cc3)c3sc4ccc(-c5ccccc5)cc4c32)cc1. The second kappa shape index (κ2) is 17.0. The zero-order valence-electron chi connectivity index (χ0n) is 43.8. The van der Waals surface area contributed by atoms with Crippen LogP contribution in [0.1, 0.15) is 128 Å². The average Bonchev–Trinajstić information content (AvgIpc) is 3.72. The summed E-state index contributed by atoms with van der Waals surface area (Å²) in [5.41, 5.74) is 21.9. The number of thiophene rings is 1. The second-order valence-corrected chi connectivity index (χ2v) is 25.4. The first-order valence-corrected chi connectivity index (χ1v) is 26.5. The summed E-state index contributed by atoms with van der Waals surface area (Å²) in [5.74, 6) is 0.0542. The van der Waals surface area contributed by atoms with Crippen molar-refractivity contribution in [1.82, 2.24) is 0 Å². The Balaban J connectivity index is 1.17. The van der Waals surface area contributed by atoms with E-state index in [0.717, 1.165) is 17.1 Å². The van der Waals surface area contributed by atoms with Crippen molar-refractivity contribution < 1.29 is 0 Å². The third kappa shape index (κ3) is 8.32. The highest BCUT2D eigenvalue weighted by Gasteiger charge is 2.46. The molecule has 11 rings (SSSR count). The molecule has 0 radical (unpaired) electrons. The molecule has 71 heavy (non-hydrogen) atoms. The van der Waals surface area contributed by atoms with Crippen LogP contribution in [0.25, 0.3) is 21.2 Å². The predicted molar refractivity (Wildman–Crippen MR) is 310 cm³/mol. The molecule has 3 heterocycles. The van der Waals surface area contributed by atoms with Gasteiger partial charge in [-0.2, -0.15) is 0 Å². The van der Waals surface area contributed by atoms with Gasteiger partial charge in [-0.3, -0.25) is 0 Å². The number of benzene rings is 8. The van der Waals surface area contributed by atoms with Gasteiger partial charge >= 0.3 is 0 Å². The van der Waals surface area contributed by atoms with Crippen LogP contribution in [0, 0.1) is 0 Å². The van der Waals surface area contributed by atoms with E-state index < -0.39 is 0 Å². The smallest absolute Gasteiger partial charge is 0.259 e. The molecule has 0 aliphatic carbocycles. The third-order valence-corrected chi connectivity index (χ3v) is 16.5. The van der Waals surface area contributed by atoms with E-state index in [-0.39, 0.29) is 34.3 Å². The summed E-state index contributed by atoms with van der Waals surface area (Å²) in [6.07, 6.45) is 0. The Morgan fingerprint density at radius 1 is 0.451 bits per heavy atom. The first kappa shape index (κ1) is 46.8. The van der Waals surface area contributed by atoms with Crippen LogP contribution in [0.3, 0.4) is 0 Å². The maximum atomic E-state index is 2.58. The summed E-state index contributed by atoms with van der Waals surface area (Å²) in [6, 6.07) is 70.0. The molecule has 1 atom stereocenters. The Bertz CT molecular complexity index is 3370. The van der Waals surface area contributed by atoms with E-state index in [1.165, 1.54) is 92.9 Å². The molecule has 0 fully saturated rings. The van der Waals surface area contributed by atoms with Gasteiger partial charge in [-0.25, -0.2) is 0 Å². The Kier molecular flexibility index (Phi) is 11.2. The molecule has 0 bridgehead atoms. The fourth-order valence-electron chi connectivity index (χ4n) is 11.2. The number of hydrogen-bond donors (Lipinski definition) is 0. The molecule has 0 saturated heterocycles. The summed E-state index contributed by atoms with van der Waals surface area (Å²) in [5, 5.41) is 1.36. The Morgan fingerprint density at radius 3 is 1.52 bits per heavy atom. The number of fused-ring (bicyclic) bond motifs is 6. The molecule has 0 spiro atoms. The van der Waals surface area contributed by atoms with Crippen molar-refractivity contribution in [2.45, 2.75) is 111 Å². The lowest BCUT2D eigenvalue weighted by atomic mass is 9.33. The van der Waals surface area contributed by atoms with E-state index in [9.17, 15) is 0 Å². The highest BCUT2D eigenvalue weighted by molar-refractivity contribution is 7.32. The van der Waals surface area contributed by atoms with Crippen LogP contribution in [0.5, 0.6) is 0 Å². The highest BCUT2D eigenvalue weighted by atomic mass is 32.1. The molecule has 0 amide bonds. The summed E-state index contributed by atoms with van der Waals surface area (Å²) in [6.45, 7) is 27.6. The lowest BCUT2D eigenvalue weighted by Crippen LogP contribution is -2.61. The van der Waals surface area contributed by atoms with E-state index in [4.69, 9.17) is 0 Å². The van der Waals surface area contributed by atoms with E-state index in [2.05, 4.69) is 275 Å². The largest absolute Gasteiger partial charge is 0.311 e. The van der Waals surface area contributed by atoms with Crippen LogP contribution < -0.4 is 25.5 Å². The van der Waals surface area contributed by atoms with Crippen LogP contribution >= 0.6 is 11.3 Å². The van der Waals surface area contributed by atoms with E-state index in [1.807, 2.05) is 11.3 Å². The minimum absolute atomic E-state index is 0.0296. The molecular formula is C67H67BN2S. The van der Waals surface area contributed by atoms with Gasteiger partial charge in [-0.05, 0) is 160 Å². The topological polar surface area (TPSA) is 6.48 Å². The van der Waals surface area contributed by atoms with Crippen molar-refractivity contribution in [3.05, 3.63) is 221 Å². The van der Waals surface area contributed by atoms with Gasteiger partial charge in [0.1, 0.15) is 0 Å². The number of nitrogens with zero attached hydrogens (tertiary/aromatic N) is 2. The normalized spacial score (nSPS) is 14.6. The van der Waals surface area contributed by atoms with Gasteiger partial charge in [0.25, 0.3) is 6.71 Å². The lowest BCUT2D eigenvalue weighted by Gasteiger charge is -2.42. The Labute approximate surface area is 428 Å². The number of rotatable bonds is 6. The van der Waals surface area contributed by atoms with Crippen LogP contribution in [0.4, 0.5) is 34.1 Å². The van der Waals surface area contributed by atoms with Gasteiger partial charge in [0.2, 0.25) is 0 Å². The summed E-state index contributed by atoms with van der Waals surface area (Å²) >= 11 is 2.00. The van der Waals surface area contributed by atoms with Crippen molar-refractivity contribution in [3.63, 3.8) is 0 Å². The molecule has 9 aromatic rings. The van der Waals surface area contributed by atoms with Crippen molar-refractivity contribution in [1.29, 1.82) is 0 Å². The minimum atomic E-state index is 0.0296. The number of anilines is 6. The zero-order chi connectivity index (χ0) is 49.8. The van der Waals surface area contributed by atoms with E-state index >= 15 is 0 Å². The monoisotopic (exact) mass is 943 g/mol. The second-order valence-electron chi connectivity index (χ2n) is 24.3. The Hall–Kier alpha value is -6.62. The zero-order valence-corrected chi connectivity index (χ0v) is 44.6. The fourth-order valence-corrected chi connectivity index (χ4v) is 12.5. The molecule has 354 valence electrons. The molecule has 1 aromatic heterocycles. The molecule has 2 nitrogen and oxygen atoms in total. The standard InChI is InChI=1S/C67H67BN2S/c1-64(2,3)46-24-21-44(22-25-46)60-54-19-16-20-57-62(54)68(63-61(60)55-41-45(23-40-59(55)71-63)43-17-14-13-15-18-43)56-39-38-53(42-58(56)70(57)52-36-30-49(31-37-52)67(10,11)12)69(50-32-26-47(27-33-50)65(4,5)6)51-34-28-48(29-35-51)66(7,8)9/h13-42,60H,1-12H3. The fraction of sp³-hybridized carbons (Fsp3) is 0.254. The van der Waals surface area contributed by atoms with Gasteiger partial charge in [-0.1, -0.05) is 198 Å². The molecule has 4 heteroatoms. The van der Waals surface area contributed by atoms with Gasteiger partial charge in [0.15, 0.2) is 0 Å². The third-order valence-electron chi connectivity index (χ3n) is 15.3. The van der Waals surface area contributed by atoms with Crippen molar-refractivity contribution >= 4 is 78.0 Å². The summed E-state index contributed by atoms with van der Waals surface area (Å²) < 4.78 is 2.78. The molecule has 2 aliphatic heterocycles. The van der Waals surface area contributed by atoms with Crippen molar-refractivity contribution in [2.24, 2.45) is 0 Å². The lowest BCUT2D eigenvalue weighted by molar-refractivity contribution is 0.589. The first-order chi connectivity index (χ1) is 33.7. The molecule has 2 aliphatic rings.